The normalized spacial score (nSPS) is 10.4. The molecule has 0 spiro atoms. The number of unbranched alkanes of at least 4 members (excludes halogenated alkanes) is 5. The molecule has 0 aliphatic carbocycles. The molecule has 1 rings (SSSR count). The first kappa shape index (κ1) is 15.5. The molecule has 0 unspecified atom stereocenters. The standard InChI is InChI=1S/C15H21FO3/c16-13-8-10-14(11-9-13)19-12-6-4-2-1-3-5-7-15(17)18/h8-11H,1-7,12H2,(H,17,18). The van der Waals surface area contributed by atoms with Crippen LogP contribution < -0.4 is 4.74 Å². The van der Waals surface area contributed by atoms with Crippen LogP contribution in [-0.2, 0) is 4.79 Å². The maximum Gasteiger partial charge on any atom is 0.303 e. The van der Waals surface area contributed by atoms with Crippen LogP contribution in [0.4, 0.5) is 4.39 Å². The Morgan fingerprint density at radius 3 is 2.21 bits per heavy atom. The number of carbonyl (C=O) groups is 1. The average molecular weight is 268 g/mol. The second kappa shape index (κ2) is 9.36. The first-order valence-electron chi connectivity index (χ1n) is 6.78. The SMILES string of the molecule is O=C(O)CCCCCCCCOc1ccc(F)cc1. The zero-order chi connectivity index (χ0) is 13.9. The van der Waals surface area contributed by atoms with Gasteiger partial charge in [-0.3, -0.25) is 4.79 Å². The lowest BCUT2D eigenvalue weighted by Crippen LogP contribution is -1.97. The van der Waals surface area contributed by atoms with Crippen molar-refractivity contribution < 1.29 is 19.0 Å². The van der Waals surface area contributed by atoms with E-state index >= 15 is 0 Å². The summed E-state index contributed by atoms with van der Waals surface area (Å²) in [5.41, 5.74) is 0. The maximum atomic E-state index is 12.6. The summed E-state index contributed by atoms with van der Waals surface area (Å²) < 4.78 is 18.1. The summed E-state index contributed by atoms with van der Waals surface area (Å²) >= 11 is 0. The lowest BCUT2D eigenvalue weighted by atomic mass is 10.1. The molecular weight excluding hydrogens is 247 g/mol. The Hall–Kier alpha value is -1.58. The molecule has 1 aromatic carbocycles. The highest BCUT2D eigenvalue weighted by Crippen LogP contribution is 2.12. The molecule has 106 valence electrons. The third-order valence-corrected chi connectivity index (χ3v) is 2.87. The molecule has 0 saturated heterocycles. The predicted molar refractivity (Wildman–Crippen MR) is 71.8 cm³/mol. The number of carboxylic acid groups (broad SMARTS) is 1. The molecule has 0 saturated carbocycles. The molecule has 0 aromatic heterocycles. The van der Waals surface area contributed by atoms with Crippen LogP contribution in [0.1, 0.15) is 44.9 Å². The van der Waals surface area contributed by atoms with Crippen molar-refractivity contribution in [3.63, 3.8) is 0 Å². The highest BCUT2D eigenvalue weighted by atomic mass is 19.1. The lowest BCUT2D eigenvalue weighted by Gasteiger charge is -2.05. The topological polar surface area (TPSA) is 46.5 Å². The van der Waals surface area contributed by atoms with Gasteiger partial charge in [-0.05, 0) is 37.1 Å². The molecule has 0 bridgehead atoms. The molecule has 0 aliphatic heterocycles. The van der Waals surface area contributed by atoms with Gasteiger partial charge in [0.05, 0.1) is 6.61 Å². The van der Waals surface area contributed by atoms with Crippen molar-refractivity contribution in [3.8, 4) is 5.75 Å². The van der Waals surface area contributed by atoms with Gasteiger partial charge in [-0.1, -0.05) is 25.7 Å². The fourth-order valence-electron chi connectivity index (χ4n) is 1.81. The van der Waals surface area contributed by atoms with E-state index in [2.05, 4.69) is 0 Å². The fourth-order valence-corrected chi connectivity index (χ4v) is 1.81. The minimum Gasteiger partial charge on any atom is -0.494 e. The number of hydrogen-bond acceptors (Lipinski definition) is 2. The van der Waals surface area contributed by atoms with Crippen molar-refractivity contribution >= 4 is 5.97 Å². The Kier molecular flexibility index (Phi) is 7.63. The first-order valence-corrected chi connectivity index (χ1v) is 6.78. The second-order valence-electron chi connectivity index (χ2n) is 4.57. The summed E-state index contributed by atoms with van der Waals surface area (Å²) in [6, 6.07) is 6.03. The highest BCUT2D eigenvalue weighted by molar-refractivity contribution is 5.66. The van der Waals surface area contributed by atoms with E-state index in [9.17, 15) is 9.18 Å². The van der Waals surface area contributed by atoms with Crippen molar-refractivity contribution in [1.29, 1.82) is 0 Å². The van der Waals surface area contributed by atoms with Gasteiger partial charge < -0.3 is 9.84 Å². The maximum absolute atomic E-state index is 12.6. The van der Waals surface area contributed by atoms with Gasteiger partial charge in [0, 0.05) is 6.42 Å². The third-order valence-electron chi connectivity index (χ3n) is 2.87. The van der Waals surface area contributed by atoms with Crippen molar-refractivity contribution in [2.75, 3.05) is 6.61 Å². The Bertz CT molecular complexity index is 362. The Balaban J connectivity index is 1.91. The molecule has 0 amide bonds. The Labute approximate surface area is 113 Å². The molecule has 19 heavy (non-hydrogen) atoms. The van der Waals surface area contributed by atoms with Crippen molar-refractivity contribution in [3.05, 3.63) is 30.1 Å². The van der Waals surface area contributed by atoms with Gasteiger partial charge in [0.25, 0.3) is 0 Å². The summed E-state index contributed by atoms with van der Waals surface area (Å²) in [6.07, 6.45) is 6.24. The molecular formula is C15H21FO3. The van der Waals surface area contributed by atoms with Gasteiger partial charge in [0.15, 0.2) is 0 Å². The van der Waals surface area contributed by atoms with Crippen LogP contribution in [0.5, 0.6) is 5.75 Å². The van der Waals surface area contributed by atoms with Crippen LogP contribution in [0.3, 0.4) is 0 Å². The van der Waals surface area contributed by atoms with Crippen LogP contribution in [-0.4, -0.2) is 17.7 Å². The van der Waals surface area contributed by atoms with Gasteiger partial charge in [-0.2, -0.15) is 0 Å². The number of carboxylic acids is 1. The van der Waals surface area contributed by atoms with E-state index in [1.54, 1.807) is 12.1 Å². The van der Waals surface area contributed by atoms with Crippen LogP contribution >= 0.6 is 0 Å². The van der Waals surface area contributed by atoms with E-state index in [0.29, 0.717) is 12.4 Å². The minimum absolute atomic E-state index is 0.256. The van der Waals surface area contributed by atoms with Crippen molar-refractivity contribution in [2.45, 2.75) is 44.9 Å². The largest absolute Gasteiger partial charge is 0.494 e. The smallest absolute Gasteiger partial charge is 0.303 e. The van der Waals surface area contributed by atoms with Gasteiger partial charge in [0.2, 0.25) is 0 Å². The zero-order valence-electron chi connectivity index (χ0n) is 11.1. The minimum atomic E-state index is -0.715. The average Bonchev–Trinajstić information content (AvgIpc) is 2.38. The van der Waals surface area contributed by atoms with Crippen LogP contribution in [0, 0.1) is 5.82 Å². The molecule has 3 nitrogen and oxygen atoms in total. The molecule has 1 N–H and O–H groups in total. The summed E-state index contributed by atoms with van der Waals surface area (Å²) in [5, 5.41) is 8.47. The van der Waals surface area contributed by atoms with Crippen LogP contribution in [0.15, 0.2) is 24.3 Å². The van der Waals surface area contributed by atoms with Gasteiger partial charge in [-0.25, -0.2) is 4.39 Å². The fraction of sp³-hybridized carbons (Fsp3) is 0.533. The van der Waals surface area contributed by atoms with Gasteiger partial charge in [-0.15, -0.1) is 0 Å². The van der Waals surface area contributed by atoms with E-state index in [1.165, 1.54) is 12.1 Å². The zero-order valence-corrected chi connectivity index (χ0v) is 11.1. The van der Waals surface area contributed by atoms with Gasteiger partial charge in [0.1, 0.15) is 11.6 Å². The molecule has 0 fully saturated rings. The van der Waals surface area contributed by atoms with Crippen LogP contribution in [0.25, 0.3) is 0 Å². The highest BCUT2D eigenvalue weighted by Gasteiger charge is 1.97. The Morgan fingerprint density at radius 1 is 1.00 bits per heavy atom. The number of rotatable bonds is 10. The number of ether oxygens (including phenoxy) is 1. The van der Waals surface area contributed by atoms with Crippen molar-refractivity contribution in [1.82, 2.24) is 0 Å². The summed E-state index contributed by atoms with van der Waals surface area (Å²) in [5.74, 6) is -0.274. The molecule has 4 heteroatoms. The summed E-state index contributed by atoms with van der Waals surface area (Å²) in [6.45, 7) is 0.640. The van der Waals surface area contributed by atoms with E-state index in [4.69, 9.17) is 9.84 Å². The third kappa shape index (κ3) is 8.19. The molecule has 0 heterocycles. The molecule has 1 aromatic rings. The first-order chi connectivity index (χ1) is 9.18. The number of halogens is 1. The lowest BCUT2D eigenvalue weighted by molar-refractivity contribution is -0.137. The van der Waals surface area contributed by atoms with E-state index in [1.807, 2.05) is 0 Å². The van der Waals surface area contributed by atoms with E-state index < -0.39 is 5.97 Å². The number of benzene rings is 1. The van der Waals surface area contributed by atoms with Crippen LogP contribution in [0.2, 0.25) is 0 Å². The summed E-state index contributed by atoms with van der Waals surface area (Å²) in [4.78, 5) is 10.3. The van der Waals surface area contributed by atoms with Gasteiger partial charge >= 0.3 is 5.97 Å². The monoisotopic (exact) mass is 268 g/mol. The quantitative estimate of drug-likeness (QED) is 0.652. The molecule has 0 radical (unpaired) electrons. The van der Waals surface area contributed by atoms with E-state index in [-0.39, 0.29) is 12.2 Å². The number of hydrogen-bond donors (Lipinski definition) is 1. The van der Waals surface area contributed by atoms with E-state index in [0.717, 1.165) is 38.5 Å². The molecule has 0 aliphatic rings. The predicted octanol–water partition coefficient (Wildman–Crippen LogP) is 4.02. The second-order valence-corrected chi connectivity index (χ2v) is 4.57. The molecule has 0 atom stereocenters. The summed E-state index contributed by atoms with van der Waals surface area (Å²) in [7, 11) is 0. The van der Waals surface area contributed by atoms with Crippen molar-refractivity contribution in [2.24, 2.45) is 0 Å². The Morgan fingerprint density at radius 2 is 1.58 bits per heavy atom. The number of aliphatic carboxylic acids is 1.